The highest BCUT2D eigenvalue weighted by Crippen LogP contribution is 2.31. The van der Waals surface area contributed by atoms with E-state index in [1.54, 1.807) is 0 Å². The minimum atomic E-state index is 0.652. The molecule has 42 heavy (non-hydrogen) atoms. The molecule has 0 atom stereocenters. The van der Waals surface area contributed by atoms with Crippen molar-refractivity contribution in [2.24, 2.45) is 0 Å². The molecule has 0 spiro atoms. The highest BCUT2D eigenvalue weighted by atomic mass is 14.9. The van der Waals surface area contributed by atoms with E-state index >= 15 is 0 Å². The Labute approximate surface area is 245 Å². The molecule has 0 amide bonds. The van der Waals surface area contributed by atoms with Gasteiger partial charge in [0.1, 0.15) is 0 Å². The Morgan fingerprint density at radius 1 is 0.238 bits per heavy atom. The van der Waals surface area contributed by atoms with E-state index < -0.39 is 0 Å². The molecule has 0 aliphatic carbocycles. The lowest BCUT2D eigenvalue weighted by Crippen LogP contribution is -1.98. The zero-order valence-electron chi connectivity index (χ0n) is 22.8. The van der Waals surface area contributed by atoms with Gasteiger partial charge in [-0.3, -0.25) is 0 Å². The maximum atomic E-state index is 5.01. The topological polar surface area (TPSA) is 51.6 Å². The van der Waals surface area contributed by atoms with Crippen molar-refractivity contribution in [3.8, 4) is 67.8 Å². The summed E-state index contributed by atoms with van der Waals surface area (Å²) < 4.78 is 0. The molecule has 2 heterocycles. The van der Waals surface area contributed by atoms with Crippen molar-refractivity contribution >= 4 is 0 Å². The van der Waals surface area contributed by atoms with Crippen molar-refractivity contribution in [2.45, 2.75) is 0 Å². The summed E-state index contributed by atoms with van der Waals surface area (Å²) in [6.07, 6.45) is 0. The second-order valence-corrected chi connectivity index (χ2v) is 9.97. The number of hydrogen-bond acceptors (Lipinski definition) is 4. The molecule has 5 aromatic carbocycles. The quantitative estimate of drug-likeness (QED) is 0.212. The van der Waals surface area contributed by atoms with E-state index in [0.29, 0.717) is 11.6 Å². The summed E-state index contributed by atoms with van der Waals surface area (Å²) in [7, 11) is 0. The molecule has 0 unspecified atom stereocenters. The molecule has 7 aromatic rings. The average Bonchev–Trinajstić information content (AvgIpc) is 3.09. The number of hydrogen-bond donors (Lipinski definition) is 0. The van der Waals surface area contributed by atoms with Gasteiger partial charge in [-0.2, -0.15) is 0 Å². The molecule has 0 radical (unpaired) electrons. The van der Waals surface area contributed by atoms with Gasteiger partial charge >= 0.3 is 0 Å². The Morgan fingerprint density at radius 3 is 0.786 bits per heavy atom. The van der Waals surface area contributed by atoms with Gasteiger partial charge in [-0.25, -0.2) is 19.9 Å². The summed E-state index contributed by atoms with van der Waals surface area (Å²) >= 11 is 0. The Kier molecular flexibility index (Phi) is 6.85. The van der Waals surface area contributed by atoms with Crippen molar-refractivity contribution in [3.05, 3.63) is 158 Å². The van der Waals surface area contributed by atoms with E-state index in [-0.39, 0.29) is 0 Å². The van der Waals surface area contributed by atoms with Crippen molar-refractivity contribution in [1.82, 2.24) is 19.9 Å². The SMILES string of the molecule is c1ccc(-c2cc(-c3ccccc3)nc(-c3cccc(-c4nc(-c5ccccc5)cc(-c5ccccc5)n4)c3)n2)cc1. The second kappa shape index (κ2) is 11.4. The monoisotopic (exact) mass is 538 g/mol. The standard InChI is InChI=1S/C38H26N4/c1-5-14-27(15-6-1)33-25-34(28-16-7-2-8-17-28)40-37(39-33)31-22-13-23-32(24-31)38-41-35(29-18-9-3-10-19-29)26-36(42-38)30-20-11-4-12-21-30/h1-26H. The molecule has 0 aliphatic heterocycles. The minimum absolute atomic E-state index is 0.652. The number of rotatable bonds is 6. The minimum Gasteiger partial charge on any atom is -0.228 e. The molecule has 4 nitrogen and oxygen atoms in total. The van der Waals surface area contributed by atoms with Crippen LogP contribution in [0.2, 0.25) is 0 Å². The fourth-order valence-corrected chi connectivity index (χ4v) is 4.98. The van der Waals surface area contributed by atoms with Crippen LogP contribution in [-0.2, 0) is 0 Å². The average molecular weight is 539 g/mol. The van der Waals surface area contributed by atoms with Gasteiger partial charge in [0.15, 0.2) is 11.6 Å². The number of aromatic nitrogens is 4. The van der Waals surface area contributed by atoms with Crippen LogP contribution in [-0.4, -0.2) is 19.9 Å². The predicted molar refractivity (Wildman–Crippen MR) is 170 cm³/mol. The number of benzene rings is 5. The van der Waals surface area contributed by atoms with Crippen molar-refractivity contribution in [3.63, 3.8) is 0 Å². The van der Waals surface area contributed by atoms with E-state index in [0.717, 1.165) is 56.2 Å². The third-order valence-electron chi connectivity index (χ3n) is 7.11. The highest BCUT2D eigenvalue weighted by molar-refractivity contribution is 5.75. The fourth-order valence-electron chi connectivity index (χ4n) is 4.98. The molecule has 198 valence electrons. The van der Waals surface area contributed by atoms with Crippen LogP contribution in [0.1, 0.15) is 0 Å². The van der Waals surface area contributed by atoms with E-state index in [2.05, 4.69) is 66.7 Å². The lowest BCUT2D eigenvalue weighted by atomic mass is 10.0. The Balaban J connectivity index is 1.37. The molecule has 0 bridgehead atoms. The van der Waals surface area contributed by atoms with Crippen molar-refractivity contribution in [1.29, 1.82) is 0 Å². The van der Waals surface area contributed by atoms with Crippen LogP contribution in [0.15, 0.2) is 158 Å². The lowest BCUT2D eigenvalue weighted by Gasteiger charge is -2.11. The van der Waals surface area contributed by atoms with E-state index in [1.807, 2.05) is 91.0 Å². The van der Waals surface area contributed by atoms with Crippen LogP contribution in [0.25, 0.3) is 67.8 Å². The molecule has 0 saturated carbocycles. The Morgan fingerprint density at radius 2 is 0.500 bits per heavy atom. The lowest BCUT2D eigenvalue weighted by molar-refractivity contribution is 1.17. The van der Waals surface area contributed by atoms with Crippen LogP contribution >= 0.6 is 0 Å². The first-order valence-corrected chi connectivity index (χ1v) is 13.9. The molecule has 4 heteroatoms. The second-order valence-electron chi connectivity index (χ2n) is 9.97. The molecule has 0 fully saturated rings. The molecule has 0 aliphatic rings. The third kappa shape index (κ3) is 5.34. The van der Waals surface area contributed by atoms with Gasteiger partial charge in [-0.05, 0) is 18.2 Å². The summed E-state index contributed by atoms with van der Waals surface area (Å²) in [4.78, 5) is 20.1. The normalized spacial score (nSPS) is 10.9. The number of nitrogens with zero attached hydrogens (tertiary/aromatic N) is 4. The summed E-state index contributed by atoms with van der Waals surface area (Å²) in [5.74, 6) is 1.30. The Hall–Kier alpha value is -5.74. The summed E-state index contributed by atoms with van der Waals surface area (Å²) in [5.41, 5.74) is 9.47. The molecule has 7 rings (SSSR count). The predicted octanol–water partition coefficient (Wildman–Crippen LogP) is 9.27. The molecule has 2 aromatic heterocycles. The first-order chi connectivity index (χ1) is 20.8. The maximum absolute atomic E-state index is 5.01. The van der Waals surface area contributed by atoms with Gasteiger partial charge in [-0.1, -0.05) is 140 Å². The third-order valence-corrected chi connectivity index (χ3v) is 7.11. The molecule has 0 N–H and O–H groups in total. The van der Waals surface area contributed by atoms with Gasteiger partial charge in [0.25, 0.3) is 0 Å². The van der Waals surface area contributed by atoms with Gasteiger partial charge in [0.2, 0.25) is 0 Å². The van der Waals surface area contributed by atoms with Crippen molar-refractivity contribution < 1.29 is 0 Å². The van der Waals surface area contributed by atoms with E-state index in [9.17, 15) is 0 Å². The largest absolute Gasteiger partial charge is 0.228 e. The smallest absolute Gasteiger partial charge is 0.160 e. The zero-order valence-corrected chi connectivity index (χ0v) is 22.8. The van der Waals surface area contributed by atoms with Gasteiger partial charge in [-0.15, -0.1) is 0 Å². The first kappa shape index (κ1) is 25.2. The van der Waals surface area contributed by atoms with Gasteiger partial charge in [0.05, 0.1) is 22.8 Å². The van der Waals surface area contributed by atoms with Gasteiger partial charge in [0, 0.05) is 33.4 Å². The van der Waals surface area contributed by atoms with Gasteiger partial charge < -0.3 is 0 Å². The molecule has 0 saturated heterocycles. The van der Waals surface area contributed by atoms with Crippen LogP contribution in [0.4, 0.5) is 0 Å². The van der Waals surface area contributed by atoms with Crippen molar-refractivity contribution in [2.75, 3.05) is 0 Å². The molecular formula is C38H26N4. The van der Waals surface area contributed by atoms with Crippen LogP contribution in [0, 0.1) is 0 Å². The zero-order chi connectivity index (χ0) is 28.1. The highest BCUT2D eigenvalue weighted by Gasteiger charge is 2.14. The fraction of sp³-hybridized carbons (Fsp3) is 0. The summed E-state index contributed by atoms with van der Waals surface area (Å²) in [6, 6.07) is 53.2. The van der Waals surface area contributed by atoms with E-state index in [1.165, 1.54) is 0 Å². The van der Waals surface area contributed by atoms with E-state index in [4.69, 9.17) is 19.9 Å². The summed E-state index contributed by atoms with van der Waals surface area (Å²) in [5, 5.41) is 0. The van der Waals surface area contributed by atoms with Crippen LogP contribution < -0.4 is 0 Å². The first-order valence-electron chi connectivity index (χ1n) is 13.9. The van der Waals surface area contributed by atoms with Crippen LogP contribution in [0.5, 0.6) is 0 Å². The summed E-state index contributed by atoms with van der Waals surface area (Å²) in [6.45, 7) is 0. The maximum Gasteiger partial charge on any atom is 0.160 e. The molecular weight excluding hydrogens is 512 g/mol. The Bertz CT molecular complexity index is 1700. The van der Waals surface area contributed by atoms with Crippen LogP contribution in [0.3, 0.4) is 0 Å².